The Hall–Kier alpha value is -2.04. The van der Waals surface area contributed by atoms with E-state index in [4.69, 9.17) is 9.84 Å². The molecule has 0 aliphatic carbocycles. The highest BCUT2D eigenvalue weighted by atomic mass is 16.5. The summed E-state index contributed by atoms with van der Waals surface area (Å²) < 4.78 is 5.66. The molecule has 1 aromatic carbocycles. The van der Waals surface area contributed by atoms with Gasteiger partial charge in [-0.05, 0) is 42.9 Å². The highest BCUT2D eigenvalue weighted by Gasteiger charge is 2.10. The average Bonchev–Trinajstić information content (AvgIpc) is 2.48. The minimum absolute atomic E-state index is 0.00169. The first-order valence-electron chi connectivity index (χ1n) is 8.12. The molecule has 2 N–H and O–H groups in total. The summed E-state index contributed by atoms with van der Waals surface area (Å²) in [6.07, 6.45) is 2.40. The SMILES string of the molecule is Cc1ccc(C(C)C)c(OCC(=O)NCCCCCC(=O)O)c1. The van der Waals surface area contributed by atoms with Gasteiger partial charge in [0.15, 0.2) is 6.61 Å². The molecule has 0 heterocycles. The lowest BCUT2D eigenvalue weighted by Gasteiger charge is -2.14. The fourth-order valence-electron chi connectivity index (χ4n) is 2.24. The van der Waals surface area contributed by atoms with Crippen molar-refractivity contribution in [3.63, 3.8) is 0 Å². The zero-order valence-corrected chi connectivity index (χ0v) is 14.2. The number of carboxylic acids is 1. The maximum absolute atomic E-state index is 11.8. The van der Waals surface area contributed by atoms with Gasteiger partial charge in [-0.25, -0.2) is 0 Å². The molecular formula is C18H27NO4. The summed E-state index contributed by atoms with van der Waals surface area (Å²) in [6.45, 7) is 6.72. The summed E-state index contributed by atoms with van der Waals surface area (Å²) in [5, 5.41) is 11.3. The molecule has 0 aromatic heterocycles. The molecule has 1 rings (SSSR count). The van der Waals surface area contributed by atoms with Gasteiger partial charge in [0.25, 0.3) is 5.91 Å². The van der Waals surface area contributed by atoms with Gasteiger partial charge in [-0.3, -0.25) is 9.59 Å². The van der Waals surface area contributed by atoms with Crippen LogP contribution in [0.3, 0.4) is 0 Å². The molecule has 0 aliphatic heterocycles. The van der Waals surface area contributed by atoms with Crippen LogP contribution in [0.1, 0.15) is 56.6 Å². The number of aryl methyl sites for hydroxylation is 1. The van der Waals surface area contributed by atoms with Crippen LogP contribution in [0.25, 0.3) is 0 Å². The summed E-state index contributed by atoms with van der Waals surface area (Å²) in [5.74, 6) is 0.167. The Balaban J connectivity index is 2.31. The number of carbonyl (C=O) groups is 2. The van der Waals surface area contributed by atoms with Crippen LogP contribution in [-0.4, -0.2) is 30.1 Å². The number of hydrogen-bond donors (Lipinski definition) is 2. The molecule has 0 radical (unpaired) electrons. The average molecular weight is 321 g/mol. The van der Waals surface area contributed by atoms with E-state index in [9.17, 15) is 9.59 Å². The first kappa shape index (κ1) is 19.0. The van der Waals surface area contributed by atoms with Gasteiger partial charge in [0.2, 0.25) is 0 Å². The number of nitrogens with one attached hydrogen (secondary N) is 1. The van der Waals surface area contributed by atoms with Crippen molar-refractivity contribution in [2.24, 2.45) is 0 Å². The van der Waals surface area contributed by atoms with Crippen LogP contribution in [0.4, 0.5) is 0 Å². The molecule has 23 heavy (non-hydrogen) atoms. The third-order valence-electron chi connectivity index (χ3n) is 3.54. The van der Waals surface area contributed by atoms with Crippen LogP contribution in [0.2, 0.25) is 0 Å². The van der Waals surface area contributed by atoms with Gasteiger partial charge < -0.3 is 15.2 Å². The Morgan fingerprint density at radius 3 is 2.61 bits per heavy atom. The minimum Gasteiger partial charge on any atom is -0.483 e. The summed E-state index contributed by atoms with van der Waals surface area (Å²) in [6, 6.07) is 6.03. The molecule has 0 atom stereocenters. The lowest BCUT2D eigenvalue weighted by atomic mass is 10.0. The second-order valence-corrected chi connectivity index (χ2v) is 6.04. The summed E-state index contributed by atoms with van der Waals surface area (Å²) in [5.41, 5.74) is 2.19. The maximum Gasteiger partial charge on any atom is 0.303 e. The topological polar surface area (TPSA) is 75.6 Å². The van der Waals surface area contributed by atoms with Crippen molar-refractivity contribution >= 4 is 11.9 Å². The predicted molar refractivity (Wildman–Crippen MR) is 89.9 cm³/mol. The van der Waals surface area contributed by atoms with Gasteiger partial charge in [-0.1, -0.05) is 32.4 Å². The standard InChI is InChI=1S/C18H27NO4/c1-13(2)15-9-8-14(3)11-16(15)23-12-17(20)19-10-6-4-5-7-18(21)22/h8-9,11,13H,4-7,10,12H2,1-3H3,(H,19,20)(H,21,22). The predicted octanol–water partition coefficient (Wildman–Crippen LogP) is 3.26. The number of amides is 1. The van der Waals surface area contributed by atoms with Gasteiger partial charge in [-0.15, -0.1) is 0 Å². The normalized spacial score (nSPS) is 10.6. The highest BCUT2D eigenvalue weighted by molar-refractivity contribution is 5.77. The number of aliphatic carboxylic acids is 1. The number of ether oxygens (including phenoxy) is 1. The van der Waals surface area contributed by atoms with E-state index in [1.165, 1.54) is 0 Å². The number of hydrogen-bond acceptors (Lipinski definition) is 3. The van der Waals surface area contributed by atoms with Crippen LogP contribution in [0.15, 0.2) is 18.2 Å². The maximum atomic E-state index is 11.8. The van der Waals surface area contributed by atoms with E-state index in [0.29, 0.717) is 18.9 Å². The van der Waals surface area contributed by atoms with Crippen molar-refractivity contribution in [1.29, 1.82) is 0 Å². The quantitative estimate of drug-likeness (QED) is 0.649. The molecule has 1 amide bonds. The van der Waals surface area contributed by atoms with Gasteiger partial charge in [0, 0.05) is 13.0 Å². The van der Waals surface area contributed by atoms with E-state index in [2.05, 4.69) is 19.2 Å². The van der Waals surface area contributed by atoms with Crippen LogP contribution in [0, 0.1) is 6.92 Å². The van der Waals surface area contributed by atoms with Gasteiger partial charge in [0.05, 0.1) is 0 Å². The molecule has 0 spiro atoms. The van der Waals surface area contributed by atoms with Crippen molar-refractivity contribution in [2.75, 3.05) is 13.2 Å². The minimum atomic E-state index is -0.776. The van der Waals surface area contributed by atoms with Crippen LogP contribution < -0.4 is 10.1 Å². The zero-order chi connectivity index (χ0) is 17.2. The number of carbonyl (C=O) groups excluding carboxylic acids is 1. The third kappa shape index (κ3) is 7.68. The second-order valence-electron chi connectivity index (χ2n) is 6.04. The highest BCUT2D eigenvalue weighted by Crippen LogP contribution is 2.27. The lowest BCUT2D eigenvalue weighted by Crippen LogP contribution is -2.29. The molecule has 0 bridgehead atoms. The van der Waals surface area contributed by atoms with E-state index in [1.807, 2.05) is 25.1 Å². The largest absolute Gasteiger partial charge is 0.483 e. The molecule has 128 valence electrons. The smallest absolute Gasteiger partial charge is 0.303 e. The van der Waals surface area contributed by atoms with E-state index >= 15 is 0 Å². The Morgan fingerprint density at radius 2 is 1.96 bits per heavy atom. The molecule has 0 fully saturated rings. The summed E-state index contributed by atoms with van der Waals surface area (Å²) in [4.78, 5) is 22.2. The molecule has 0 saturated carbocycles. The van der Waals surface area contributed by atoms with Gasteiger partial charge in [-0.2, -0.15) is 0 Å². The number of carboxylic acid groups (broad SMARTS) is 1. The monoisotopic (exact) mass is 321 g/mol. The van der Waals surface area contributed by atoms with Crippen LogP contribution >= 0.6 is 0 Å². The Morgan fingerprint density at radius 1 is 1.22 bits per heavy atom. The first-order chi connectivity index (χ1) is 10.9. The molecule has 1 aromatic rings. The van der Waals surface area contributed by atoms with Crippen molar-refractivity contribution in [3.05, 3.63) is 29.3 Å². The third-order valence-corrected chi connectivity index (χ3v) is 3.54. The van der Waals surface area contributed by atoms with Gasteiger partial charge in [0.1, 0.15) is 5.75 Å². The molecular weight excluding hydrogens is 294 g/mol. The number of rotatable bonds is 10. The first-order valence-corrected chi connectivity index (χ1v) is 8.12. The Kier molecular flexibility index (Phi) is 8.16. The summed E-state index contributed by atoms with van der Waals surface area (Å²) >= 11 is 0. The van der Waals surface area contributed by atoms with E-state index < -0.39 is 5.97 Å². The number of unbranched alkanes of at least 4 members (excludes halogenated alkanes) is 2. The van der Waals surface area contributed by atoms with Crippen LogP contribution in [-0.2, 0) is 9.59 Å². The van der Waals surface area contributed by atoms with Crippen molar-refractivity contribution in [2.45, 2.75) is 52.4 Å². The van der Waals surface area contributed by atoms with Crippen molar-refractivity contribution in [1.82, 2.24) is 5.32 Å². The lowest BCUT2D eigenvalue weighted by molar-refractivity contribution is -0.137. The fourth-order valence-corrected chi connectivity index (χ4v) is 2.24. The fraction of sp³-hybridized carbons (Fsp3) is 0.556. The Bertz CT molecular complexity index is 526. The van der Waals surface area contributed by atoms with E-state index in [-0.39, 0.29) is 18.9 Å². The van der Waals surface area contributed by atoms with Crippen LogP contribution in [0.5, 0.6) is 5.75 Å². The molecule has 0 aliphatic rings. The van der Waals surface area contributed by atoms with Crippen molar-refractivity contribution < 1.29 is 19.4 Å². The molecule has 0 saturated heterocycles. The van der Waals surface area contributed by atoms with Crippen molar-refractivity contribution in [3.8, 4) is 5.75 Å². The molecule has 5 nitrogen and oxygen atoms in total. The number of benzene rings is 1. The zero-order valence-electron chi connectivity index (χ0n) is 14.2. The van der Waals surface area contributed by atoms with E-state index in [1.54, 1.807) is 0 Å². The molecule has 5 heteroatoms. The Labute approximate surface area is 138 Å². The summed E-state index contributed by atoms with van der Waals surface area (Å²) in [7, 11) is 0. The van der Waals surface area contributed by atoms with Gasteiger partial charge >= 0.3 is 5.97 Å². The second kappa shape index (κ2) is 9.87. The molecule has 0 unspecified atom stereocenters. The van der Waals surface area contributed by atoms with E-state index in [0.717, 1.165) is 29.7 Å².